The third kappa shape index (κ3) is 2.49. The zero-order valence-electron chi connectivity index (χ0n) is 7.37. The van der Waals surface area contributed by atoms with Crippen LogP contribution in [0.4, 0.5) is 0 Å². The van der Waals surface area contributed by atoms with E-state index in [9.17, 15) is 8.42 Å². The van der Waals surface area contributed by atoms with Gasteiger partial charge in [-0.2, -0.15) is 5.26 Å². The van der Waals surface area contributed by atoms with Crippen molar-refractivity contribution in [2.24, 2.45) is 5.73 Å². The van der Waals surface area contributed by atoms with Crippen molar-refractivity contribution in [3.05, 3.63) is 27.7 Å². The Kier molecular flexibility index (Phi) is 3.73. The van der Waals surface area contributed by atoms with E-state index in [-0.39, 0.29) is 17.0 Å². The summed E-state index contributed by atoms with van der Waals surface area (Å²) in [4.78, 5) is -0.219. The summed E-state index contributed by atoms with van der Waals surface area (Å²) in [6, 6.07) is 4.70. The summed E-state index contributed by atoms with van der Waals surface area (Å²) in [5.74, 6) is 0. The highest BCUT2D eigenvalue weighted by Crippen LogP contribution is 2.29. The number of nitriles is 1. The van der Waals surface area contributed by atoms with Crippen molar-refractivity contribution in [2.45, 2.75) is 11.4 Å². The minimum Gasteiger partial charge on any atom is -0.326 e. The SMILES string of the molecule is N#Cc1ccc(Br)c(CN)c1S(=O)(=O)Cl. The predicted octanol–water partition coefficient (Wildman–Crippen LogP) is 1.71. The van der Waals surface area contributed by atoms with Crippen molar-refractivity contribution >= 4 is 35.7 Å². The lowest BCUT2D eigenvalue weighted by atomic mass is 10.1. The Morgan fingerprint density at radius 1 is 1.53 bits per heavy atom. The molecule has 1 aromatic rings. The summed E-state index contributed by atoms with van der Waals surface area (Å²) in [6.07, 6.45) is 0. The van der Waals surface area contributed by atoms with Crippen LogP contribution in [-0.4, -0.2) is 8.42 Å². The van der Waals surface area contributed by atoms with Gasteiger partial charge in [0.1, 0.15) is 11.0 Å². The van der Waals surface area contributed by atoms with Crippen molar-refractivity contribution in [1.82, 2.24) is 0 Å². The van der Waals surface area contributed by atoms with E-state index in [4.69, 9.17) is 21.7 Å². The Morgan fingerprint density at radius 3 is 2.53 bits per heavy atom. The van der Waals surface area contributed by atoms with Crippen LogP contribution in [0, 0.1) is 11.3 Å². The second kappa shape index (κ2) is 4.49. The molecule has 2 N–H and O–H groups in total. The molecule has 0 bridgehead atoms. The topological polar surface area (TPSA) is 83.9 Å². The summed E-state index contributed by atoms with van der Waals surface area (Å²) in [5, 5.41) is 8.76. The van der Waals surface area contributed by atoms with Gasteiger partial charge in [0.25, 0.3) is 9.05 Å². The number of hydrogen-bond acceptors (Lipinski definition) is 4. The maximum absolute atomic E-state index is 11.3. The fourth-order valence-corrected chi connectivity index (χ4v) is 3.18. The number of nitrogens with zero attached hydrogens (tertiary/aromatic N) is 1. The number of rotatable bonds is 2. The molecule has 0 aliphatic rings. The largest absolute Gasteiger partial charge is 0.326 e. The van der Waals surface area contributed by atoms with E-state index in [1.165, 1.54) is 6.07 Å². The second-order valence-corrected chi connectivity index (χ2v) is 6.01. The van der Waals surface area contributed by atoms with Gasteiger partial charge in [0, 0.05) is 27.3 Å². The molecule has 0 radical (unpaired) electrons. The van der Waals surface area contributed by atoms with Gasteiger partial charge in [-0.15, -0.1) is 0 Å². The third-order valence-corrected chi connectivity index (χ3v) is 3.93. The standard InChI is InChI=1S/C8H6BrClN2O2S/c9-7-2-1-5(3-11)8(6(7)4-12)15(10,13)14/h1-2H,4,12H2. The van der Waals surface area contributed by atoms with Crippen LogP contribution >= 0.6 is 26.6 Å². The van der Waals surface area contributed by atoms with Crippen LogP contribution in [0.5, 0.6) is 0 Å². The lowest BCUT2D eigenvalue weighted by Crippen LogP contribution is -2.07. The van der Waals surface area contributed by atoms with E-state index in [2.05, 4.69) is 15.9 Å². The molecule has 1 aromatic carbocycles. The first-order valence-electron chi connectivity index (χ1n) is 3.78. The molecule has 4 nitrogen and oxygen atoms in total. The summed E-state index contributed by atoms with van der Waals surface area (Å²) < 4.78 is 23.1. The first-order chi connectivity index (χ1) is 6.91. The second-order valence-electron chi connectivity index (χ2n) is 2.66. The molecule has 1 rings (SSSR count). The number of nitrogens with two attached hydrogens (primary N) is 1. The van der Waals surface area contributed by atoms with Crippen LogP contribution < -0.4 is 5.73 Å². The number of hydrogen-bond donors (Lipinski definition) is 1. The molecular formula is C8H6BrClN2O2S. The fraction of sp³-hybridized carbons (Fsp3) is 0.125. The van der Waals surface area contributed by atoms with Crippen LogP contribution in [0.1, 0.15) is 11.1 Å². The highest BCUT2D eigenvalue weighted by atomic mass is 79.9. The fourth-order valence-electron chi connectivity index (χ4n) is 1.16. The van der Waals surface area contributed by atoms with Gasteiger partial charge in [-0.25, -0.2) is 8.42 Å². The van der Waals surface area contributed by atoms with E-state index >= 15 is 0 Å². The maximum atomic E-state index is 11.3. The number of halogens is 2. The van der Waals surface area contributed by atoms with Gasteiger partial charge < -0.3 is 5.73 Å². The Labute approximate surface area is 100 Å². The van der Waals surface area contributed by atoms with E-state index in [1.807, 2.05) is 0 Å². The average molecular weight is 310 g/mol. The maximum Gasteiger partial charge on any atom is 0.262 e. The molecule has 0 amide bonds. The van der Waals surface area contributed by atoms with Gasteiger partial charge in [-0.3, -0.25) is 0 Å². The molecule has 15 heavy (non-hydrogen) atoms. The average Bonchev–Trinajstić information content (AvgIpc) is 2.15. The van der Waals surface area contributed by atoms with Gasteiger partial charge in [0.15, 0.2) is 0 Å². The molecule has 80 valence electrons. The lowest BCUT2D eigenvalue weighted by molar-refractivity contribution is 0.608. The van der Waals surface area contributed by atoms with Crippen molar-refractivity contribution in [3.63, 3.8) is 0 Å². The monoisotopic (exact) mass is 308 g/mol. The zero-order valence-corrected chi connectivity index (χ0v) is 10.5. The van der Waals surface area contributed by atoms with Gasteiger partial charge in [0.05, 0.1) is 5.56 Å². The van der Waals surface area contributed by atoms with Crippen molar-refractivity contribution < 1.29 is 8.42 Å². The van der Waals surface area contributed by atoms with E-state index in [1.54, 1.807) is 12.1 Å². The minimum atomic E-state index is -3.97. The Hall–Kier alpha value is -0.610. The highest BCUT2D eigenvalue weighted by Gasteiger charge is 2.21. The highest BCUT2D eigenvalue weighted by molar-refractivity contribution is 9.10. The number of benzene rings is 1. The normalized spacial score (nSPS) is 11.1. The van der Waals surface area contributed by atoms with E-state index in [0.29, 0.717) is 10.0 Å². The molecule has 0 atom stereocenters. The molecule has 0 saturated carbocycles. The van der Waals surface area contributed by atoms with Crippen molar-refractivity contribution in [1.29, 1.82) is 5.26 Å². The molecule has 0 heterocycles. The summed E-state index contributed by atoms with van der Waals surface area (Å²) >= 11 is 3.15. The minimum absolute atomic E-state index is 0.00588. The molecule has 0 aromatic heterocycles. The molecular weight excluding hydrogens is 304 g/mol. The molecule has 0 saturated heterocycles. The molecule has 0 unspecified atom stereocenters. The lowest BCUT2D eigenvalue weighted by Gasteiger charge is -2.08. The molecule has 0 spiro atoms. The summed E-state index contributed by atoms with van der Waals surface area (Å²) in [7, 11) is 1.27. The zero-order chi connectivity index (χ0) is 11.6. The first-order valence-corrected chi connectivity index (χ1v) is 6.88. The van der Waals surface area contributed by atoms with Crippen molar-refractivity contribution in [2.75, 3.05) is 0 Å². The Morgan fingerprint density at radius 2 is 2.13 bits per heavy atom. The van der Waals surface area contributed by atoms with Gasteiger partial charge in [-0.05, 0) is 12.1 Å². The Bertz CT molecular complexity index is 536. The predicted molar refractivity (Wildman–Crippen MR) is 59.8 cm³/mol. The molecule has 0 aliphatic carbocycles. The first kappa shape index (κ1) is 12.5. The smallest absolute Gasteiger partial charge is 0.262 e. The van der Waals surface area contributed by atoms with Crippen molar-refractivity contribution in [3.8, 4) is 6.07 Å². The van der Waals surface area contributed by atoms with Gasteiger partial charge in [0.2, 0.25) is 0 Å². The van der Waals surface area contributed by atoms with Crippen LogP contribution in [0.2, 0.25) is 0 Å². The van der Waals surface area contributed by atoms with Crippen LogP contribution in [0.15, 0.2) is 21.5 Å². The van der Waals surface area contributed by atoms with Gasteiger partial charge >= 0.3 is 0 Å². The summed E-state index contributed by atoms with van der Waals surface area (Å²) in [5.41, 5.74) is 5.71. The quantitative estimate of drug-likeness (QED) is 0.843. The third-order valence-electron chi connectivity index (χ3n) is 1.77. The van der Waals surface area contributed by atoms with Crippen LogP contribution in [0.25, 0.3) is 0 Å². The van der Waals surface area contributed by atoms with E-state index in [0.717, 1.165) is 0 Å². The summed E-state index contributed by atoms with van der Waals surface area (Å²) in [6.45, 7) is -0.0165. The van der Waals surface area contributed by atoms with Crippen LogP contribution in [-0.2, 0) is 15.6 Å². The van der Waals surface area contributed by atoms with Gasteiger partial charge in [-0.1, -0.05) is 15.9 Å². The molecule has 0 aliphatic heterocycles. The van der Waals surface area contributed by atoms with E-state index < -0.39 is 9.05 Å². The van der Waals surface area contributed by atoms with Crippen LogP contribution in [0.3, 0.4) is 0 Å². The molecule has 7 heteroatoms. The Balaban J connectivity index is 3.73. The molecule has 0 fully saturated rings.